The van der Waals surface area contributed by atoms with Crippen LogP contribution in [-0.2, 0) is 0 Å². The average Bonchev–Trinajstić information content (AvgIpc) is 2.90. The summed E-state index contributed by atoms with van der Waals surface area (Å²) >= 11 is 0. The molecule has 2 heterocycles. The summed E-state index contributed by atoms with van der Waals surface area (Å²) in [6, 6.07) is 12.0. The van der Waals surface area contributed by atoms with E-state index < -0.39 is 0 Å². The molecule has 0 saturated heterocycles. The van der Waals surface area contributed by atoms with Gasteiger partial charge in [-0.15, -0.1) is 0 Å². The van der Waals surface area contributed by atoms with Crippen molar-refractivity contribution in [3.8, 4) is 17.3 Å². The first kappa shape index (κ1) is 13.2. The molecule has 0 unspecified atom stereocenters. The molecular weight excluding hydrogens is 260 g/mol. The molecule has 0 saturated carbocycles. The summed E-state index contributed by atoms with van der Waals surface area (Å²) in [7, 11) is 4.02. The molecule has 1 aromatic carbocycles. The topological polar surface area (TPSA) is 55.7 Å². The zero-order valence-corrected chi connectivity index (χ0v) is 12.3. The average molecular weight is 276 g/mol. The van der Waals surface area contributed by atoms with E-state index in [0.29, 0.717) is 5.56 Å². The van der Waals surface area contributed by atoms with Gasteiger partial charge >= 0.3 is 0 Å². The second-order valence-corrected chi connectivity index (χ2v) is 5.24. The van der Waals surface area contributed by atoms with Crippen molar-refractivity contribution in [2.75, 3.05) is 19.0 Å². The first-order chi connectivity index (χ1) is 10.1. The molecule has 21 heavy (non-hydrogen) atoms. The van der Waals surface area contributed by atoms with Gasteiger partial charge in [0.15, 0.2) is 0 Å². The number of rotatable bonds is 2. The lowest BCUT2D eigenvalue weighted by Crippen LogP contribution is -2.11. The largest absolute Gasteiger partial charge is 0.376 e. The SMILES string of the molecule is Cc1nc(-c2c[nH]c3c(C#N)cccc23)ccc1N(C)C. The number of nitrogens with zero attached hydrogens (tertiary/aromatic N) is 3. The number of nitriles is 1. The third-order valence-electron chi connectivity index (χ3n) is 3.65. The molecule has 0 atom stereocenters. The molecule has 0 radical (unpaired) electrons. The third kappa shape index (κ3) is 2.13. The second-order valence-electron chi connectivity index (χ2n) is 5.24. The number of aromatic amines is 1. The number of H-pyrrole nitrogens is 1. The molecule has 3 aromatic rings. The Kier molecular flexibility index (Phi) is 3.11. The Morgan fingerprint density at radius 2 is 2.00 bits per heavy atom. The minimum Gasteiger partial charge on any atom is -0.376 e. The molecular formula is C17H16N4. The second kappa shape index (κ2) is 4.95. The van der Waals surface area contributed by atoms with Gasteiger partial charge < -0.3 is 9.88 Å². The highest BCUT2D eigenvalue weighted by Crippen LogP contribution is 2.30. The van der Waals surface area contributed by atoms with Gasteiger partial charge in [0.2, 0.25) is 0 Å². The van der Waals surface area contributed by atoms with Gasteiger partial charge in [0.05, 0.1) is 28.2 Å². The molecule has 0 bridgehead atoms. The number of anilines is 1. The summed E-state index contributed by atoms with van der Waals surface area (Å²) in [5.74, 6) is 0. The molecule has 0 fully saturated rings. The predicted octanol–water partition coefficient (Wildman–Crippen LogP) is 3.48. The Morgan fingerprint density at radius 1 is 1.19 bits per heavy atom. The van der Waals surface area contributed by atoms with Crippen LogP contribution >= 0.6 is 0 Å². The van der Waals surface area contributed by atoms with Gasteiger partial charge in [0.1, 0.15) is 6.07 Å². The molecule has 0 amide bonds. The normalized spacial score (nSPS) is 10.6. The van der Waals surface area contributed by atoms with Crippen LogP contribution in [0.25, 0.3) is 22.2 Å². The summed E-state index contributed by atoms with van der Waals surface area (Å²) in [6.07, 6.45) is 1.92. The number of nitrogens with one attached hydrogen (secondary N) is 1. The molecule has 4 nitrogen and oxygen atoms in total. The van der Waals surface area contributed by atoms with E-state index in [4.69, 9.17) is 10.2 Å². The van der Waals surface area contributed by atoms with E-state index in [1.165, 1.54) is 0 Å². The number of para-hydroxylation sites is 1. The highest BCUT2D eigenvalue weighted by Gasteiger charge is 2.11. The van der Waals surface area contributed by atoms with Gasteiger partial charge in [-0.2, -0.15) is 5.26 Å². The number of pyridine rings is 1. The molecule has 0 aliphatic heterocycles. The Hall–Kier alpha value is -2.80. The van der Waals surface area contributed by atoms with Crippen LogP contribution in [0.2, 0.25) is 0 Å². The van der Waals surface area contributed by atoms with Gasteiger partial charge in [-0.05, 0) is 25.1 Å². The lowest BCUT2D eigenvalue weighted by molar-refractivity contribution is 1.07. The molecule has 0 spiro atoms. The number of benzene rings is 1. The quantitative estimate of drug-likeness (QED) is 0.779. The Bertz CT molecular complexity index is 853. The summed E-state index contributed by atoms with van der Waals surface area (Å²) in [6.45, 7) is 2.01. The standard InChI is InChI=1S/C17H16N4/c1-11-16(21(2)3)8-7-15(20-11)14-10-19-17-12(9-18)5-4-6-13(14)17/h4-8,10,19H,1-3H3. The van der Waals surface area contributed by atoms with Crippen molar-refractivity contribution in [2.45, 2.75) is 6.92 Å². The number of aromatic nitrogens is 2. The first-order valence-electron chi connectivity index (χ1n) is 6.77. The van der Waals surface area contributed by atoms with Crippen molar-refractivity contribution < 1.29 is 0 Å². The minimum atomic E-state index is 0.653. The van der Waals surface area contributed by atoms with E-state index in [2.05, 4.69) is 22.0 Å². The van der Waals surface area contributed by atoms with E-state index in [1.54, 1.807) is 0 Å². The maximum atomic E-state index is 9.17. The summed E-state index contributed by atoms with van der Waals surface area (Å²) in [5.41, 5.74) is 5.56. The zero-order valence-electron chi connectivity index (χ0n) is 12.3. The highest BCUT2D eigenvalue weighted by atomic mass is 15.1. The third-order valence-corrected chi connectivity index (χ3v) is 3.65. The van der Waals surface area contributed by atoms with Crippen molar-refractivity contribution >= 4 is 16.6 Å². The van der Waals surface area contributed by atoms with Gasteiger partial charge in [-0.1, -0.05) is 12.1 Å². The lowest BCUT2D eigenvalue weighted by Gasteiger charge is -2.15. The zero-order chi connectivity index (χ0) is 15.0. The van der Waals surface area contributed by atoms with E-state index >= 15 is 0 Å². The Balaban J connectivity index is 2.18. The van der Waals surface area contributed by atoms with Gasteiger partial charge in [-0.3, -0.25) is 4.98 Å². The Morgan fingerprint density at radius 3 is 2.67 bits per heavy atom. The van der Waals surface area contributed by atoms with E-state index in [0.717, 1.165) is 33.5 Å². The predicted molar refractivity (Wildman–Crippen MR) is 85.3 cm³/mol. The fraction of sp³-hybridized carbons (Fsp3) is 0.176. The monoisotopic (exact) mass is 276 g/mol. The minimum absolute atomic E-state index is 0.653. The first-order valence-corrected chi connectivity index (χ1v) is 6.77. The molecule has 4 heteroatoms. The van der Waals surface area contributed by atoms with Crippen LogP contribution in [-0.4, -0.2) is 24.1 Å². The molecule has 2 aromatic heterocycles. The summed E-state index contributed by atoms with van der Waals surface area (Å²) in [5, 5.41) is 10.2. The number of fused-ring (bicyclic) bond motifs is 1. The molecule has 0 aliphatic rings. The number of hydrogen-bond donors (Lipinski definition) is 1. The van der Waals surface area contributed by atoms with Crippen molar-refractivity contribution in [2.24, 2.45) is 0 Å². The maximum absolute atomic E-state index is 9.17. The van der Waals surface area contributed by atoms with E-state index in [-0.39, 0.29) is 0 Å². The van der Waals surface area contributed by atoms with E-state index in [9.17, 15) is 0 Å². The lowest BCUT2D eigenvalue weighted by atomic mass is 10.1. The van der Waals surface area contributed by atoms with Crippen molar-refractivity contribution in [3.05, 3.63) is 47.8 Å². The number of hydrogen-bond acceptors (Lipinski definition) is 3. The smallest absolute Gasteiger partial charge is 0.101 e. The summed E-state index contributed by atoms with van der Waals surface area (Å²) < 4.78 is 0. The van der Waals surface area contributed by atoms with Crippen LogP contribution in [0.5, 0.6) is 0 Å². The molecule has 1 N–H and O–H groups in total. The molecule has 0 aliphatic carbocycles. The maximum Gasteiger partial charge on any atom is 0.101 e. The Labute approximate surface area is 123 Å². The van der Waals surface area contributed by atoms with Crippen molar-refractivity contribution in [3.63, 3.8) is 0 Å². The van der Waals surface area contributed by atoms with Crippen LogP contribution in [0.1, 0.15) is 11.3 Å². The molecule has 104 valence electrons. The highest BCUT2D eigenvalue weighted by molar-refractivity contribution is 5.97. The van der Waals surface area contributed by atoms with E-state index in [1.807, 2.05) is 51.5 Å². The van der Waals surface area contributed by atoms with Gasteiger partial charge in [0.25, 0.3) is 0 Å². The fourth-order valence-electron chi connectivity index (χ4n) is 2.64. The van der Waals surface area contributed by atoms with Crippen LogP contribution in [0.15, 0.2) is 36.5 Å². The van der Waals surface area contributed by atoms with Crippen LogP contribution in [0.4, 0.5) is 5.69 Å². The van der Waals surface area contributed by atoms with Gasteiger partial charge in [0, 0.05) is 31.2 Å². The fourth-order valence-corrected chi connectivity index (χ4v) is 2.64. The van der Waals surface area contributed by atoms with Crippen LogP contribution in [0.3, 0.4) is 0 Å². The van der Waals surface area contributed by atoms with Crippen LogP contribution < -0.4 is 4.90 Å². The summed E-state index contributed by atoms with van der Waals surface area (Å²) in [4.78, 5) is 9.94. The van der Waals surface area contributed by atoms with Crippen LogP contribution in [0, 0.1) is 18.3 Å². The van der Waals surface area contributed by atoms with Gasteiger partial charge in [-0.25, -0.2) is 0 Å². The van der Waals surface area contributed by atoms with Crippen molar-refractivity contribution in [1.29, 1.82) is 5.26 Å². The number of aryl methyl sites for hydroxylation is 1. The molecule has 3 rings (SSSR count). The van der Waals surface area contributed by atoms with Crippen molar-refractivity contribution in [1.82, 2.24) is 9.97 Å².